The minimum atomic E-state index is -0.262. The minimum absolute atomic E-state index is 0.0763. The number of rotatable bonds is 5. The van der Waals surface area contributed by atoms with Crippen LogP contribution >= 0.6 is 0 Å². The molecule has 0 aliphatic carbocycles. The van der Waals surface area contributed by atoms with Gasteiger partial charge in [-0.3, -0.25) is 14.5 Å². The Hall–Kier alpha value is -2.86. The third kappa shape index (κ3) is 3.86. The van der Waals surface area contributed by atoms with Gasteiger partial charge in [0.05, 0.1) is 5.69 Å². The molecular weight excluding hydrogens is 330 g/mol. The molecule has 1 atom stereocenters. The van der Waals surface area contributed by atoms with E-state index in [4.69, 9.17) is 10.5 Å². The number of amides is 2. The molecule has 1 unspecified atom stereocenters. The Labute approximate surface area is 152 Å². The maximum atomic E-state index is 12.4. The van der Waals surface area contributed by atoms with Gasteiger partial charge in [-0.15, -0.1) is 0 Å². The van der Waals surface area contributed by atoms with Crippen molar-refractivity contribution in [3.05, 3.63) is 53.6 Å². The zero-order valence-electron chi connectivity index (χ0n) is 15.0. The van der Waals surface area contributed by atoms with Crippen molar-refractivity contribution in [3.8, 4) is 5.75 Å². The first kappa shape index (κ1) is 17.9. The van der Waals surface area contributed by atoms with Gasteiger partial charge in [0.15, 0.2) is 6.61 Å². The van der Waals surface area contributed by atoms with Crippen LogP contribution in [-0.2, 0) is 16.0 Å². The topological polar surface area (TPSA) is 84.7 Å². The molecule has 1 aliphatic heterocycles. The van der Waals surface area contributed by atoms with Crippen molar-refractivity contribution in [2.24, 2.45) is 5.73 Å². The molecular formula is C20H23N3O3. The Kier molecular flexibility index (Phi) is 5.23. The predicted octanol–water partition coefficient (Wildman–Crippen LogP) is 2.63. The largest absolute Gasteiger partial charge is 0.482 e. The number of ether oxygens (including phenoxy) is 1. The van der Waals surface area contributed by atoms with E-state index in [1.165, 1.54) is 10.5 Å². The molecule has 1 aliphatic rings. The monoisotopic (exact) mass is 353 g/mol. The van der Waals surface area contributed by atoms with Gasteiger partial charge in [0, 0.05) is 11.7 Å². The van der Waals surface area contributed by atoms with Gasteiger partial charge in [0.25, 0.3) is 5.91 Å². The summed E-state index contributed by atoms with van der Waals surface area (Å²) in [7, 11) is 0. The van der Waals surface area contributed by atoms with Crippen molar-refractivity contribution >= 4 is 23.2 Å². The lowest BCUT2D eigenvalue weighted by Gasteiger charge is -2.29. The number of hydrogen-bond acceptors (Lipinski definition) is 4. The summed E-state index contributed by atoms with van der Waals surface area (Å²) < 4.78 is 5.46. The molecule has 0 spiro atoms. The number of nitrogens with two attached hydrogens (primary N) is 1. The number of aryl methyl sites for hydroxylation is 1. The molecule has 2 aromatic rings. The smallest absolute Gasteiger partial charge is 0.265 e. The number of nitrogens with one attached hydrogen (secondary N) is 1. The summed E-state index contributed by atoms with van der Waals surface area (Å²) >= 11 is 0. The second-order valence-electron chi connectivity index (χ2n) is 6.38. The van der Waals surface area contributed by atoms with Crippen molar-refractivity contribution in [2.45, 2.75) is 26.3 Å². The number of nitrogens with zero attached hydrogens (tertiary/aromatic N) is 1. The van der Waals surface area contributed by atoms with Crippen LogP contribution in [0.25, 0.3) is 0 Å². The summed E-state index contributed by atoms with van der Waals surface area (Å²) in [6.45, 7) is 3.78. The molecule has 0 radical (unpaired) electrons. The second-order valence-corrected chi connectivity index (χ2v) is 6.38. The highest BCUT2D eigenvalue weighted by atomic mass is 16.5. The van der Waals surface area contributed by atoms with Gasteiger partial charge in [-0.25, -0.2) is 0 Å². The number of fused-ring (bicyclic) bond motifs is 1. The highest BCUT2D eigenvalue weighted by molar-refractivity contribution is 6.05. The van der Waals surface area contributed by atoms with Crippen LogP contribution in [0.3, 0.4) is 0 Å². The first-order valence-electron chi connectivity index (χ1n) is 8.69. The van der Waals surface area contributed by atoms with Crippen molar-refractivity contribution in [1.82, 2.24) is 0 Å². The SMILES string of the molecule is CCc1ccc(NC(=O)CN2C(=O)COc3ccc(C(C)N)cc32)cc1. The number of anilines is 2. The average molecular weight is 353 g/mol. The van der Waals surface area contributed by atoms with E-state index < -0.39 is 0 Å². The van der Waals surface area contributed by atoms with Crippen LogP contribution < -0.4 is 20.7 Å². The molecule has 0 fully saturated rings. The molecule has 6 nitrogen and oxygen atoms in total. The number of hydrogen-bond donors (Lipinski definition) is 2. The number of benzene rings is 2. The molecule has 2 amide bonds. The molecule has 2 aromatic carbocycles. The summed E-state index contributed by atoms with van der Waals surface area (Å²) in [5.41, 5.74) is 9.29. The quantitative estimate of drug-likeness (QED) is 0.865. The van der Waals surface area contributed by atoms with E-state index in [0.717, 1.165) is 12.0 Å². The Bertz CT molecular complexity index is 816. The zero-order valence-corrected chi connectivity index (χ0v) is 15.0. The van der Waals surface area contributed by atoms with Gasteiger partial charge in [-0.1, -0.05) is 25.1 Å². The van der Waals surface area contributed by atoms with Crippen molar-refractivity contribution < 1.29 is 14.3 Å². The van der Waals surface area contributed by atoms with E-state index in [1.807, 2.05) is 37.3 Å². The lowest BCUT2D eigenvalue weighted by molar-refractivity contribution is -0.123. The number of carbonyl (C=O) groups is 2. The highest BCUT2D eigenvalue weighted by Gasteiger charge is 2.28. The van der Waals surface area contributed by atoms with E-state index in [9.17, 15) is 9.59 Å². The Morgan fingerprint density at radius 1 is 1.27 bits per heavy atom. The van der Waals surface area contributed by atoms with Gasteiger partial charge in [0.1, 0.15) is 12.3 Å². The van der Waals surface area contributed by atoms with Crippen molar-refractivity contribution in [3.63, 3.8) is 0 Å². The molecule has 0 saturated heterocycles. The zero-order chi connectivity index (χ0) is 18.7. The third-order valence-electron chi connectivity index (χ3n) is 4.40. The lowest BCUT2D eigenvalue weighted by atomic mass is 10.1. The van der Waals surface area contributed by atoms with Gasteiger partial charge >= 0.3 is 0 Å². The molecule has 0 saturated carbocycles. The maximum Gasteiger partial charge on any atom is 0.265 e. The molecule has 3 N–H and O–H groups in total. The molecule has 0 aromatic heterocycles. The van der Waals surface area contributed by atoms with Gasteiger partial charge in [-0.05, 0) is 48.7 Å². The van der Waals surface area contributed by atoms with E-state index in [2.05, 4.69) is 12.2 Å². The maximum absolute atomic E-state index is 12.4. The van der Waals surface area contributed by atoms with Gasteiger partial charge < -0.3 is 15.8 Å². The summed E-state index contributed by atoms with van der Waals surface area (Å²) in [4.78, 5) is 26.2. The van der Waals surface area contributed by atoms with Crippen LogP contribution in [0.5, 0.6) is 5.75 Å². The standard InChI is InChI=1S/C20H23N3O3/c1-3-14-4-7-16(8-5-14)22-19(24)11-23-17-10-15(13(2)21)6-9-18(17)26-12-20(23)25/h4-10,13H,3,11-12,21H2,1-2H3,(H,22,24). The molecule has 3 rings (SSSR count). The highest BCUT2D eigenvalue weighted by Crippen LogP contribution is 2.34. The lowest BCUT2D eigenvalue weighted by Crippen LogP contribution is -2.43. The molecule has 136 valence electrons. The Balaban J connectivity index is 1.77. The summed E-state index contributed by atoms with van der Waals surface area (Å²) in [6, 6.07) is 13.0. The van der Waals surface area contributed by atoms with Crippen LogP contribution in [0.4, 0.5) is 11.4 Å². The fraction of sp³-hybridized carbons (Fsp3) is 0.300. The second kappa shape index (κ2) is 7.58. The normalized spacial score (nSPS) is 14.4. The third-order valence-corrected chi connectivity index (χ3v) is 4.40. The van der Waals surface area contributed by atoms with E-state index >= 15 is 0 Å². The van der Waals surface area contributed by atoms with Crippen LogP contribution in [0, 0.1) is 0 Å². The predicted molar refractivity (Wildman–Crippen MR) is 101 cm³/mol. The van der Waals surface area contributed by atoms with Crippen LogP contribution in [0.1, 0.15) is 31.0 Å². The molecule has 26 heavy (non-hydrogen) atoms. The van der Waals surface area contributed by atoms with Crippen LogP contribution in [0.15, 0.2) is 42.5 Å². The summed E-state index contributed by atoms with van der Waals surface area (Å²) in [5.74, 6) is 0.0616. The minimum Gasteiger partial charge on any atom is -0.482 e. The Morgan fingerprint density at radius 3 is 2.65 bits per heavy atom. The van der Waals surface area contributed by atoms with Gasteiger partial charge in [0.2, 0.25) is 5.91 Å². The summed E-state index contributed by atoms with van der Waals surface area (Å²) in [5, 5.41) is 2.83. The van der Waals surface area contributed by atoms with Gasteiger partial charge in [-0.2, -0.15) is 0 Å². The van der Waals surface area contributed by atoms with Crippen LogP contribution in [0.2, 0.25) is 0 Å². The Morgan fingerprint density at radius 2 is 2.00 bits per heavy atom. The first-order valence-corrected chi connectivity index (χ1v) is 8.69. The fourth-order valence-electron chi connectivity index (χ4n) is 2.84. The molecule has 0 bridgehead atoms. The summed E-state index contributed by atoms with van der Waals surface area (Å²) in [6.07, 6.45) is 0.940. The van der Waals surface area contributed by atoms with Crippen LogP contribution in [-0.4, -0.2) is 25.0 Å². The molecule has 6 heteroatoms. The average Bonchev–Trinajstić information content (AvgIpc) is 2.64. The van der Waals surface area contributed by atoms with E-state index in [-0.39, 0.29) is 31.0 Å². The van der Waals surface area contributed by atoms with Crippen molar-refractivity contribution in [1.29, 1.82) is 0 Å². The van der Waals surface area contributed by atoms with E-state index in [0.29, 0.717) is 17.1 Å². The fourth-order valence-corrected chi connectivity index (χ4v) is 2.84. The van der Waals surface area contributed by atoms with Crippen molar-refractivity contribution in [2.75, 3.05) is 23.4 Å². The molecule has 1 heterocycles. The van der Waals surface area contributed by atoms with E-state index in [1.54, 1.807) is 12.1 Å². The first-order chi connectivity index (χ1) is 12.5. The number of carbonyl (C=O) groups excluding carboxylic acids is 2.